The van der Waals surface area contributed by atoms with Crippen molar-refractivity contribution in [3.63, 3.8) is 0 Å². The molecule has 0 aliphatic rings. The molecule has 0 bridgehead atoms. The van der Waals surface area contributed by atoms with Crippen LogP contribution in [0.4, 0.5) is 0 Å². The van der Waals surface area contributed by atoms with Crippen LogP contribution in [0.1, 0.15) is 37.0 Å². The minimum Gasteiger partial charge on any atom is -0.805 e. The Morgan fingerprint density at radius 2 is 1.91 bits per heavy atom. The average molecular weight is 324 g/mol. The van der Waals surface area contributed by atoms with E-state index >= 15 is 0 Å². The Morgan fingerprint density at radius 1 is 1.32 bits per heavy atom. The van der Waals surface area contributed by atoms with Gasteiger partial charge in [0, 0.05) is 17.9 Å². The lowest BCUT2D eigenvalue weighted by Gasteiger charge is -2.19. The largest absolute Gasteiger partial charge is 0.805 e. The van der Waals surface area contributed by atoms with Crippen molar-refractivity contribution in [1.29, 1.82) is 0 Å². The van der Waals surface area contributed by atoms with Gasteiger partial charge < -0.3 is 9.94 Å². The Morgan fingerprint density at radius 3 is 2.45 bits per heavy atom. The molecular formula is C14H16N2O5S. The fraction of sp³-hybridized carbons (Fsp3) is 0.357. The molecule has 0 unspecified atom stereocenters. The zero-order chi connectivity index (χ0) is 16.7. The highest BCUT2D eigenvalue weighted by Crippen LogP contribution is 2.18. The third kappa shape index (κ3) is 2.61. The molecule has 2 rings (SSSR count). The second kappa shape index (κ2) is 5.53. The van der Waals surface area contributed by atoms with Crippen molar-refractivity contribution in [2.45, 2.75) is 31.8 Å². The smallest absolute Gasteiger partial charge is 0.325 e. The topological polar surface area (TPSA) is 102 Å². The van der Waals surface area contributed by atoms with Gasteiger partial charge >= 0.3 is 5.69 Å². The molecule has 0 atom stereocenters. The van der Waals surface area contributed by atoms with Crippen LogP contribution in [0, 0.1) is 10.1 Å². The van der Waals surface area contributed by atoms with E-state index < -0.39 is 32.3 Å². The molecule has 8 heteroatoms. The minimum atomic E-state index is -3.64. The molecule has 118 valence electrons. The van der Waals surface area contributed by atoms with Gasteiger partial charge in [-0.25, -0.2) is 8.42 Å². The van der Waals surface area contributed by atoms with Crippen LogP contribution in [0.2, 0.25) is 0 Å². The summed E-state index contributed by atoms with van der Waals surface area (Å²) in [5.41, 5.74) is -0.724. The van der Waals surface area contributed by atoms with Crippen molar-refractivity contribution < 1.29 is 17.6 Å². The van der Waals surface area contributed by atoms with E-state index in [0.717, 1.165) is 6.92 Å². The number of benzene rings is 1. The van der Waals surface area contributed by atoms with Crippen molar-refractivity contribution in [1.82, 2.24) is 4.73 Å². The SMILES string of the molecule is CC(=O)c1c(CS(=O)(=O)C(C)C)n([O-])c2ccccc2[n+]1=O. The van der Waals surface area contributed by atoms with Crippen molar-refractivity contribution in [3.05, 3.63) is 45.8 Å². The van der Waals surface area contributed by atoms with Gasteiger partial charge in [-0.3, -0.25) is 4.79 Å². The third-order valence-electron chi connectivity index (χ3n) is 3.43. The van der Waals surface area contributed by atoms with E-state index in [-0.39, 0.29) is 16.7 Å². The molecule has 0 saturated heterocycles. The van der Waals surface area contributed by atoms with E-state index in [1.54, 1.807) is 12.1 Å². The van der Waals surface area contributed by atoms with Gasteiger partial charge in [0.1, 0.15) is 11.2 Å². The molecule has 2 aromatic rings. The average Bonchev–Trinajstić information content (AvgIpc) is 2.43. The van der Waals surface area contributed by atoms with E-state index in [1.807, 2.05) is 0 Å². The number of nitrogens with zero attached hydrogens (tertiary/aromatic N) is 2. The fourth-order valence-corrected chi connectivity index (χ4v) is 3.09. The van der Waals surface area contributed by atoms with E-state index in [2.05, 4.69) is 0 Å². The maximum Gasteiger partial charge on any atom is 0.325 e. The molecule has 0 amide bonds. The highest BCUT2D eigenvalue weighted by Gasteiger charge is 2.30. The van der Waals surface area contributed by atoms with Crippen LogP contribution in [0.3, 0.4) is 0 Å². The van der Waals surface area contributed by atoms with Crippen LogP contribution in [0.15, 0.2) is 24.3 Å². The summed E-state index contributed by atoms with van der Waals surface area (Å²) in [4.78, 5) is 24.1. The van der Waals surface area contributed by atoms with E-state index in [9.17, 15) is 23.3 Å². The van der Waals surface area contributed by atoms with Crippen LogP contribution in [0.5, 0.6) is 0 Å². The molecule has 0 aliphatic heterocycles. The molecule has 1 aromatic carbocycles. The predicted octanol–water partition coefficient (Wildman–Crippen LogP) is 1.43. The zero-order valence-corrected chi connectivity index (χ0v) is 13.3. The number of fused-ring (bicyclic) bond motifs is 1. The van der Waals surface area contributed by atoms with Gasteiger partial charge in [-0.05, 0) is 19.9 Å². The summed E-state index contributed by atoms with van der Waals surface area (Å²) in [6.07, 6.45) is 0. The standard InChI is InChI=1S/C14H16N2O5S/c1-9(2)22(20,21)8-13-14(10(3)17)16(19)12-7-5-4-6-11(12)15(13)18/h4-7,9H,8H2,1-3H3. The number of ketones is 1. The molecule has 0 fully saturated rings. The van der Waals surface area contributed by atoms with Gasteiger partial charge in [0.15, 0.2) is 9.84 Å². The number of carbonyl (C=O) groups is 1. The lowest BCUT2D eigenvalue weighted by atomic mass is 10.2. The number of para-hydroxylation sites is 2. The first-order valence-corrected chi connectivity index (χ1v) is 8.37. The Bertz CT molecular complexity index is 913. The van der Waals surface area contributed by atoms with Gasteiger partial charge in [0.25, 0.3) is 5.52 Å². The maximum absolute atomic E-state index is 12.5. The number of hydrogen-bond acceptors (Lipinski definition) is 5. The first kappa shape index (κ1) is 16.2. The Hall–Kier alpha value is -2.22. The highest BCUT2D eigenvalue weighted by atomic mass is 32.2. The van der Waals surface area contributed by atoms with Crippen molar-refractivity contribution in [3.8, 4) is 0 Å². The Kier molecular flexibility index (Phi) is 4.06. The van der Waals surface area contributed by atoms with Gasteiger partial charge in [0.05, 0.1) is 15.4 Å². The molecule has 7 nitrogen and oxygen atoms in total. The number of carbonyl (C=O) groups excluding carboxylic acids is 1. The lowest BCUT2D eigenvalue weighted by Crippen LogP contribution is -2.32. The summed E-state index contributed by atoms with van der Waals surface area (Å²) in [7, 11) is -3.64. The van der Waals surface area contributed by atoms with E-state index in [0.29, 0.717) is 9.16 Å². The van der Waals surface area contributed by atoms with Crippen molar-refractivity contribution in [2.75, 3.05) is 0 Å². The molecule has 0 aliphatic carbocycles. The number of aromatic nitrogens is 2. The number of Topliss-reactive ketones (excluding diaryl/α,β-unsaturated/α-hetero) is 1. The molecule has 1 heterocycles. The van der Waals surface area contributed by atoms with Crippen molar-refractivity contribution >= 4 is 26.7 Å². The van der Waals surface area contributed by atoms with Crippen LogP contribution in [0.25, 0.3) is 11.0 Å². The Balaban J connectivity index is 2.88. The van der Waals surface area contributed by atoms with Gasteiger partial charge in [0.2, 0.25) is 5.78 Å². The lowest BCUT2D eigenvalue weighted by molar-refractivity contribution is -0.468. The molecule has 0 spiro atoms. The second-order valence-electron chi connectivity index (χ2n) is 5.28. The molecule has 0 radical (unpaired) electrons. The van der Waals surface area contributed by atoms with Crippen LogP contribution in [-0.4, -0.2) is 24.2 Å². The highest BCUT2D eigenvalue weighted by molar-refractivity contribution is 7.91. The molecule has 0 N–H and O–H groups in total. The van der Waals surface area contributed by atoms with Crippen LogP contribution in [-0.2, 0) is 15.6 Å². The van der Waals surface area contributed by atoms with Crippen molar-refractivity contribution in [2.24, 2.45) is 0 Å². The summed E-state index contributed by atoms with van der Waals surface area (Å²) in [5, 5.41) is 11.7. The monoisotopic (exact) mass is 324 g/mol. The van der Waals surface area contributed by atoms with Gasteiger partial charge in [-0.2, -0.15) is 0 Å². The fourth-order valence-electron chi connectivity index (χ4n) is 2.12. The summed E-state index contributed by atoms with van der Waals surface area (Å²) < 4.78 is 24.9. The molecule has 0 saturated carbocycles. The molecule has 1 aromatic heterocycles. The number of hydrogen-bond donors (Lipinski definition) is 0. The number of sulfone groups is 1. The van der Waals surface area contributed by atoms with E-state index in [1.165, 1.54) is 26.0 Å². The van der Waals surface area contributed by atoms with Gasteiger partial charge in [-0.15, -0.1) is 0 Å². The van der Waals surface area contributed by atoms with E-state index in [4.69, 9.17) is 0 Å². The normalized spacial score (nSPS) is 12.0. The molecular weight excluding hydrogens is 308 g/mol. The second-order valence-corrected chi connectivity index (χ2v) is 7.84. The minimum absolute atomic E-state index is 0.0217. The predicted molar refractivity (Wildman–Crippen MR) is 81.8 cm³/mol. The van der Waals surface area contributed by atoms with Crippen LogP contribution >= 0.6 is 0 Å². The summed E-state index contributed by atoms with van der Waals surface area (Å²) in [5.74, 6) is -1.31. The van der Waals surface area contributed by atoms with Gasteiger partial charge in [-0.1, -0.05) is 12.1 Å². The summed E-state index contributed by atoms with van der Waals surface area (Å²) in [6, 6.07) is 5.94. The number of rotatable bonds is 4. The first-order valence-electron chi connectivity index (χ1n) is 6.66. The third-order valence-corrected chi connectivity index (χ3v) is 5.54. The summed E-state index contributed by atoms with van der Waals surface area (Å²) in [6.45, 7) is 4.08. The summed E-state index contributed by atoms with van der Waals surface area (Å²) >= 11 is 0. The first-order chi connectivity index (χ1) is 10.2. The molecule has 22 heavy (non-hydrogen) atoms. The zero-order valence-electron chi connectivity index (χ0n) is 12.4. The maximum atomic E-state index is 12.5. The Labute approximate surface area is 127 Å². The quantitative estimate of drug-likeness (QED) is 0.625. The van der Waals surface area contributed by atoms with Crippen LogP contribution < -0.4 is 4.43 Å².